The summed E-state index contributed by atoms with van der Waals surface area (Å²) in [5, 5.41) is 6.75. The Morgan fingerprint density at radius 3 is 2.78 bits per heavy atom. The summed E-state index contributed by atoms with van der Waals surface area (Å²) in [7, 11) is 0. The van der Waals surface area contributed by atoms with E-state index in [9.17, 15) is 9.18 Å². The first-order chi connectivity index (χ1) is 8.58. The highest BCUT2D eigenvalue weighted by Gasteiger charge is 2.11. The van der Waals surface area contributed by atoms with Gasteiger partial charge in [-0.3, -0.25) is 4.79 Å². The Hall–Kier alpha value is -1.68. The van der Waals surface area contributed by atoms with Crippen LogP contribution in [0.4, 0.5) is 4.39 Å². The summed E-state index contributed by atoms with van der Waals surface area (Å²) >= 11 is 1.59. The predicted octanol–water partition coefficient (Wildman–Crippen LogP) is 3.43. The fraction of sp³-hybridized carbons (Fsp3) is 0.214. The van der Waals surface area contributed by atoms with Crippen LogP contribution in [0.25, 0.3) is 0 Å². The summed E-state index contributed by atoms with van der Waals surface area (Å²) in [5.41, 5.74) is 3.18. The van der Waals surface area contributed by atoms with Gasteiger partial charge in [0.15, 0.2) is 0 Å². The Kier molecular flexibility index (Phi) is 3.77. The van der Waals surface area contributed by atoms with Crippen molar-refractivity contribution >= 4 is 17.2 Å². The van der Waals surface area contributed by atoms with Gasteiger partial charge in [0.25, 0.3) is 5.91 Å². The predicted molar refractivity (Wildman–Crippen MR) is 71.4 cm³/mol. The molecule has 1 amide bonds. The number of carbonyl (C=O) groups is 1. The van der Waals surface area contributed by atoms with Crippen LogP contribution in [0.1, 0.15) is 27.0 Å². The van der Waals surface area contributed by atoms with Crippen LogP contribution < -0.4 is 5.32 Å². The fourth-order valence-electron chi connectivity index (χ4n) is 1.65. The molecule has 1 aromatic carbocycles. The molecule has 0 spiro atoms. The van der Waals surface area contributed by atoms with Gasteiger partial charge in [0.1, 0.15) is 5.82 Å². The summed E-state index contributed by atoms with van der Waals surface area (Å²) in [4.78, 5) is 11.9. The molecule has 0 saturated carbocycles. The second-order valence-electron chi connectivity index (χ2n) is 4.25. The number of halogens is 1. The van der Waals surface area contributed by atoms with E-state index in [1.807, 2.05) is 24.6 Å². The van der Waals surface area contributed by atoms with Gasteiger partial charge in [0.05, 0.1) is 5.56 Å². The molecule has 94 valence electrons. The van der Waals surface area contributed by atoms with Gasteiger partial charge in [0, 0.05) is 6.54 Å². The molecule has 18 heavy (non-hydrogen) atoms. The van der Waals surface area contributed by atoms with E-state index < -0.39 is 5.82 Å². The standard InChI is InChI=1S/C14H14FNOS/c1-9-3-4-13(15)12(5-9)14(17)16-6-11-8-18-7-10(11)2/h3-5,7-8H,6H2,1-2H3,(H,16,17). The molecule has 0 bridgehead atoms. The van der Waals surface area contributed by atoms with Crippen molar-refractivity contribution in [3.8, 4) is 0 Å². The smallest absolute Gasteiger partial charge is 0.254 e. The highest BCUT2D eigenvalue weighted by atomic mass is 32.1. The molecule has 1 aromatic heterocycles. The quantitative estimate of drug-likeness (QED) is 0.903. The van der Waals surface area contributed by atoms with Crippen molar-refractivity contribution in [2.45, 2.75) is 20.4 Å². The highest BCUT2D eigenvalue weighted by Crippen LogP contribution is 2.14. The number of amides is 1. The Labute approximate surface area is 109 Å². The summed E-state index contributed by atoms with van der Waals surface area (Å²) in [5.74, 6) is -0.859. The zero-order valence-corrected chi connectivity index (χ0v) is 11.1. The lowest BCUT2D eigenvalue weighted by Gasteiger charge is -2.06. The minimum atomic E-state index is -0.486. The SMILES string of the molecule is Cc1ccc(F)c(C(=O)NCc2cscc2C)c1. The average molecular weight is 263 g/mol. The molecule has 0 radical (unpaired) electrons. The van der Waals surface area contributed by atoms with Crippen molar-refractivity contribution < 1.29 is 9.18 Å². The lowest BCUT2D eigenvalue weighted by Crippen LogP contribution is -2.24. The lowest BCUT2D eigenvalue weighted by atomic mass is 10.1. The summed E-state index contributed by atoms with van der Waals surface area (Å²) < 4.78 is 13.5. The summed E-state index contributed by atoms with van der Waals surface area (Å²) in [6.45, 7) is 4.26. The van der Waals surface area contributed by atoms with Crippen molar-refractivity contribution in [1.29, 1.82) is 0 Å². The van der Waals surface area contributed by atoms with E-state index in [1.165, 1.54) is 6.07 Å². The van der Waals surface area contributed by atoms with E-state index in [0.29, 0.717) is 6.54 Å². The second kappa shape index (κ2) is 5.31. The molecule has 4 heteroatoms. The minimum absolute atomic E-state index is 0.0999. The minimum Gasteiger partial charge on any atom is -0.348 e. The van der Waals surface area contributed by atoms with Crippen LogP contribution in [-0.4, -0.2) is 5.91 Å². The Morgan fingerprint density at radius 1 is 1.33 bits per heavy atom. The maximum Gasteiger partial charge on any atom is 0.254 e. The number of thiophene rings is 1. The summed E-state index contributed by atoms with van der Waals surface area (Å²) in [6, 6.07) is 4.53. The van der Waals surface area contributed by atoms with E-state index in [1.54, 1.807) is 23.5 Å². The molecule has 0 aliphatic carbocycles. The molecule has 0 atom stereocenters. The first-order valence-electron chi connectivity index (χ1n) is 5.64. The third-order valence-electron chi connectivity index (χ3n) is 2.77. The molecule has 1 heterocycles. The maximum atomic E-state index is 13.5. The molecule has 2 nitrogen and oxygen atoms in total. The van der Waals surface area contributed by atoms with Gasteiger partial charge in [-0.05, 0) is 47.9 Å². The van der Waals surface area contributed by atoms with Crippen LogP contribution in [-0.2, 0) is 6.54 Å². The lowest BCUT2D eigenvalue weighted by molar-refractivity contribution is 0.0947. The van der Waals surface area contributed by atoms with Crippen LogP contribution >= 0.6 is 11.3 Å². The Morgan fingerprint density at radius 2 is 2.11 bits per heavy atom. The fourth-order valence-corrected chi connectivity index (χ4v) is 2.51. The third-order valence-corrected chi connectivity index (χ3v) is 3.68. The van der Waals surface area contributed by atoms with E-state index >= 15 is 0 Å². The third kappa shape index (κ3) is 2.76. The van der Waals surface area contributed by atoms with Crippen molar-refractivity contribution in [2.75, 3.05) is 0 Å². The van der Waals surface area contributed by atoms with E-state index in [4.69, 9.17) is 0 Å². The van der Waals surface area contributed by atoms with Crippen LogP contribution in [0.5, 0.6) is 0 Å². The first kappa shape index (κ1) is 12.8. The maximum absolute atomic E-state index is 13.5. The molecular formula is C14H14FNOS. The van der Waals surface area contributed by atoms with Gasteiger partial charge in [-0.25, -0.2) is 4.39 Å². The van der Waals surface area contributed by atoms with Gasteiger partial charge in [-0.1, -0.05) is 11.6 Å². The van der Waals surface area contributed by atoms with Gasteiger partial charge < -0.3 is 5.32 Å². The van der Waals surface area contributed by atoms with Crippen LogP contribution in [0.15, 0.2) is 29.0 Å². The largest absolute Gasteiger partial charge is 0.348 e. The average Bonchev–Trinajstić information content (AvgIpc) is 2.75. The normalized spacial score (nSPS) is 10.4. The molecule has 0 aliphatic heterocycles. The van der Waals surface area contributed by atoms with Gasteiger partial charge >= 0.3 is 0 Å². The molecule has 2 aromatic rings. The highest BCUT2D eigenvalue weighted by molar-refractivity contribution is 7.08. The van der Waals surface area contributed by atoms with E-state index in [0.717, 1.165) is 16.7 Å². The van der Waals surface area contributed by atoms with Crippen molar-refractivity contribution in [2.24, 2.45) is 0 Å². The van der Waals surface area contributed by atoms with Crippen LogP contribution in [0.2, 0.25) is 0 Å². The Balaban J connectivity index is 2.08. The van der Waals surface area contributed by atoms with Crippen LogP contribution in [0.3, 0.4) is 0 Å². The molecule has 0 unspecified atom stereocenters. The molecule has 1 N–H and O–H groups in total. The first-order valence-corrected chi connectivity index (χ1v) is 6.58. The number of nitrogens with one attached hydrogen (secondary N) is 1. The molecule has 0 saturated heterocycles. The van der Waals surface area contributed by atoms with Crippen molar-refractivity contribution in [1.82, 2.24) is 5.32 Å². The molecular weight excluding hydrogens is 249 g/mol. The van der Waals surface area contributed by atoms with Crippen molar-refractivity contribution in [3.63, 3.8) is 0 Å². The molecule has 2 rings (SSSR count). The van der Waals surface area contributed by atoms with Crippen LogP contribution in [0, 0.1) is 19.7 Å². The molecule has 0 aliphatic rings. The number of aryl methyl sites for hydroxylation is 2. The number of benzene rings is 1. The summed E-state index contributed by atoms with van der Waals surface area (Å²) in [6.07, 6.45) is 0. The second-order valence-corrected chi connectivity index (χ2v) is 4.99. The van der Waals surface area contributed by atoms with Gasteiger partial charge in [-0.15, -0.1) is 0 Å². The topological polar surface area (TPSA) is 29.1 Å². The number of hydrogen-bond donors (Lipinski definition) is 1. The monoisotopic (exact) mass is 263 g/mol. The molecule has 0 fully saturated rings. The van der Waals surface area contributed by atoms with E-state index in [-0.39, 0.29) is 11.5 Å². The van der Waals surface area contributed by atoms with Crippen molar-refractivity contribution in [3.05, 3.63) is 57.0 Å². The zero-order valence-electron chi connectivity index (χ0n) is 10.3. The van der Waals surface area contributed by atoms with Gasteiger partial charge in [-0.2, -0.15) is 11.3 Å². The number of hydrogen-bond acceptors (Lipinski definition) is 2. The van der Waals surface area contributed by atoms with E-state index in [2.05, 4.69) is 5.32 Å². The number of carbonyl (C=O) groups excluding carboxylic acids is 1. The van der Waals surface area contributed by atoms with Gasteiger partial charge in [0.2, 0.25) is 0 Å². The Bertz CT molecular complexity index is 577. The number of rotatable bonds is 3. The zero-order chi connectivity index (χ0) is 13.1.